The first-order valence-corrected chi connectivity index (χ1v) is 6.93. The average Bonchev–Trinajstić information content (AvgIpc) is 3.04. The number of aromatic amines is 1. The first-order valence-electron chi connectivity index (χ1n) is 5.70. The van der Waals surface area contributed by atoms with Crippen LogP contribution in [0, 0.1) is 11.5 Å². The van der Waals surface area contributed by atoms with E-state index in [1.54, 1.807) is 12.5 Å². The van der Waals surface area contributed by atoms with Crippen LogP contribution in [0.15, 0.2) is 17.5 Å². The van der Waals surface area contributed by atoms with Gasteiger partial charge >= 0.3 is 0 Å². The molecule has 2 rings (SSSR count). The molecule has 0 saturated carbocycles. The standard InChI is InChI=1S/C11H15N5OS/c1-18-11(15-6-12)14-4-8-2-3-10(17-8)9-5-13-7-16-9/h5,7-8,10H,2-4H2,1H3,(H,13,16)(H,14,15)/t8-,10+/m1/s1. The highest BCUT2D eigenvalue weighted by Gasteiger charge is 2.27. The van der Waals surface area contributed by atoms with Crippen molar-refractivity contribution in [3.05, 3.63) is 18.2 Å². The van der Waals surface area contributed by atoms with Crippen LogP contribution in [-0.2, 0) is 4.74 Å². The summed E-state index contributed by atoms with van der Waals surface area (Å²) in [5.41, 5.74) is 1.02. The number of hydrogen-bond donors (Lipinski definition) is 2. The van der Waals surface area contributed by atoms with Crippen molar-refractivity contribution in [2.24, 2.45) is 4.99 Å². The monoisotopic (exact) mass is 265 g/mol. The van der Waals surface area contributed by atoms with Crippen LogP contribution in [0.3, 0.4) is 0 Å². The summed E-state index contributed by atoms with van der Waals surface area (Å²) in [4.78, 5) is 11.4. The average molecular weight is 265 g/mol. The molecule has 2 N–H and O–H groups in total. The zero-order chi connectivity index (χ0) is 12.8. The first-order chi connectivity index (χ1) is 8.83. The summed E-state index contributed by atoms with van der Waals surface area (Å²) in [6.07, 6.45) is 9.36. The second-order valence-electron chi connectivity index (χ2n) is 3.92. The summed E-state index contributed by atoms with van der Waals surface area (Å²) in [7, 11) is 0. The number of aliphatic imine (C=N–C) groups is 1. The van der Waals surface area contributed by atoms with Gasteiger partial charge in [0.1, 0.15) is 0 Å². The van der Waals surface area contributed by atoms with Crippen LogP contribution < -0.4 is 5.32 Å². The minimum absolute atomic E-state index is 0.0920. The molecule has 0 spiro atoms. The number of nitrogens with one attached hydrogen (secondary N) is 2. The lowest BCUT2D eigenvalue weighted by Crippen LogP contribution is -2.17. The summed E-state index contributed by atoms with van der Waals surface area (Å²) in [6, 6.07) is 0. The van der Waals surface area contributed by atoms with E-state index in [2.05, 4.69) is 20.3 Å². The van der Waals surface area contributed by atoms with Crippen LogP contribution >= 0.6 is 11.8 Å². The second-order valence-corrected chi connectivity index (χ2v) is 4.71. The van der Waals surface area contributed by atoms with Crippen molar-refractivity contribution in [2.75, 3.05) is 12.8 Å². The molecule has 2 heterocycles. The van der Waals surface area contributed by atoms with E-state index in [1.807, 2.05) is 12.4 Å². The third kappa shape index (κ3) is 3.24. The Morgan fingerprint density at radius 1 is 1.78 bits per heavy atom. The van der Waals surface area contributed by atoms with Crippen molar-refractivity contribution in [3.8, 4) is 6.19 Å². The minimum atomic E-state index is 0.0920. The predicted octanol–water partition coefficient (Wildman–Crippen LogP) is 1.42. The Balaban J connectivity index is 1.84. The lowest BCUT2D eigenvalue weighted by atomic mass is 10.1. The Morgan fingerprint density at radius 2 is 2.67 bits per heavy atom. The molecular weight excluding hydrogens is 250 g/mol. The number of nitrogens with zero attached hydrogens (tertiary/aromatic N) is 3. The topological polar surface area (TPSA) is 86.1 Å². The smallest absolute Gasteiger partial charge is 0.183 e. The Labute approximate surface area is 110 Å². The van der Waals surface area contributed by atoms with Gasteiger partial charge in [0.25, 0.3) is 0 Å². The second kappa shape index (κ2) is 6.42. The summed E-state index contributed by atoms with van der Waals surface area (Å²) in [6.45, 7) is 0.579. The quantitative estimate of drug-likeness (QED) is 0.373. The molecule has 0 bridgehead atoms. The van der Waals surface area contributed by atoms with Crippen LogP contribution in [0.4, 0.5) is 0 Å². The fraction of sp³-hybridized carbons (Fsp3) is 0.545. The van der Waals surface area contributed by atoms with Gasteiger partial charge in [-0.05, 0) is 19.1 Å². The number of imidazole rings is 1. The fourth-order valence-corrected chi connectivity index (χ4v) is 2.25. The molecule has 1 aliphatic heterocycles. The maximum Gasteiger partial charge on any atom is 0.183 e. The van der Waals surface area contributed by atoms with Gasteiger partial charge in [0.15, 0.2) is 11.4 Å². The molecule has 1 saturated heterocycles. The molecular formula is C11H15N5OS. The number of amidine groups is 1. The SMILES string of the molecule is CSC(=NC[C@H]1CC[C@@H](c2cnc[nH]2)O1)NC#N. The van der Waals surface area contributed by atoms with Crippen molar-refractivity contribution in [3.63, 3.8) is 0 Å². The van der Waals surface area contributed by atoms with E-state index in [1.165, 1.54) is 11.8 Å². The lowest BCUT2D eigenvalue weighted by Gasteiger charge is -2.10. The number of rotatable bonds is 3. The molecule has 1 aromatic heterocycles. The van der Waals surface area contributed by atoms with E-state index in [0.717, 1.165) is 18.5 Å². The molecule has 18 heavy (non-hydrogen) atoms. The summed E-state index contributed by atoms with van der Waals surface area (Å²) < 4.78 is 5.88. The molecule has 0 amide bonds. The first kappa shape index (κ1) is 12.9. The third-order valence-corrected chi connectivity index (χ3v) is 3.39. The molecule has 2 atom stereocenters. The Bertz CT molecular complexity index is 439. The zero-order valence-corrected chi connectivity index (χ0v) is 10.9. The van der Waals surface area contributed by atoms with E-state index in [9.17, 15) is 0 Å². The Kier molecular flexibility index (Phi) is 4.61. The summed E-state index contributed by atoms with van der Waals surface area (Å²) >= 11 is 1.42. The van der Waals surface area contributed by atoms with Gasteiger partial charge in [0, 0.05) is 0 Å². The Hall–Kier alpha value is -1.52. The summed E-state index contributed by atoms with van der Waals surface area (Å²) in [5.74, 6) is 0. The normalized spacial score (nSPS) is 23.9. The number of H-pyrrole nitrogens is 1. The van der Waals surface area contributed by atoms with Crippen LogP contribution in [0.5, 0.6) is 0 Å². The molecule has 96 valence electrons. The molecule has 0 unspecified atom stereocenters. The zero-order valence-electron chi connectivity index (χ0n) is 10.1. The van der Waals surface area contributed by atoms with Gasteiger partial charge in [0.05, 0.1) is 37.0 Å². The number of thioether (sulfide) groups is 1. The highest BCUT2D eigenvalue weighted by Crippen LogP contribution is 2.31. The van der Waals surface area contributed by atoms with Crippen LogP contribution in [0.2, 0.25) is 0 Å². The van der Waals surface area contributed by atoms with Gasteiger partial charge in [-0.3, -0.25) is 10.3 Å². The van der Waals surface area contributed by atoms with E-state index in [4.69, 9.17) is 10.00 Å². The molecule has 1 aliphatic rings. The van der Waals surface area contributed by atoms with Crippen LogP contribution in [-0.4, -0.2) is 34.0 Å². The maximum atomic E-state index is 8.53. The van der Waals surface area contributed by atoms with E-state index in [0.29, 0.717) is 11.7 Å². The van der Waals surface area contributed by atoms with Crippen LogP contribution in [0.25, 0.3) is 0 Å². The summed E-state index contributed by atoms with van der Waals surface area (Å²) in [5, 5.41) is 11.7. The highest BCUT2D eigenvalue weighted by atomic mass is 32.2. The molecule has 0 aliphatic carbocycles. The Morgan fingerprint density at radius 3 is 3.33 bits per heavy atom. The van der Waals surface area contributed by atoms with Gasteiger partial charge in [0.2, 0.25) is 0 Å². The van der Waals surface area contributed by atoms with Crippen molar-refractivity contribution < 1.29 is 4.74 Å². The van der Waals surface area contributed by atoms with Gasteiger partial charge in [-0.25, -0.2) is 4.98 Å². The van der Waals surface area contributed by atoms with Gasteiger partial charge in [-0.1, -0.05) is 11.8 Å². The number of aromatic nitrogens is 2. The number of nitriles is 1. The molecule has 7 heteroatoms. The van der Waals surface area contributed by atoms with Gasteiger partial charge in [-0.15, -0.1) is 0 Å². The molecule has 0 radical (unpaired) electrons. The van der Waals surface area contributed by atoms with Crippen LogP contribution in [0.1, 0.15) is 24.6 Å². The van der Waals surface area contributed by atoms with E-state index < -0.39 is 0 Å². The van der Waals surface area contributed by atoms with E-state index >= 15 is 0 Å². The largest absolute Gasteiger partial charge is 0.367 e. The van der Waals surface area contributed by atoms with Gasteiger partial charge < -0.3 is 9.72 Å². The molecule has 0 aromatic carbocycles. The lowest BCUT2D eigenvalue weighted by molar-refractivity contribution is 0.0479. The third-order valence-electron chi connectivity index (χ3n) is 2.77. The molecule has 1 fully saturated rings. The number of ether oxygens (including phenoxy) is 1. The van der Waals surface area contributed by atoms with Crippen molar-refractivity contribution in [2.45, 2.75) is 25.0 Å². The fourth-order valence-electron chi connectivity index (χ4n) is 1.90. The maximum absolute atomic E-state index is 8.53. The molecule has 1 aromatic rings. The van der Waals surface area contributed by atoms with Crippen molar-refractivity contribution in [1.82, 2.24) is 15.3 Å². The highest BCUT2D eigenvalue weighted by molar-refractivity contribution is 8.13. The van der Waals surface area contributed by atoms with E-state index in [-0.39, 0.29) is 12.2 Å². The van der Waals surface area contributed by atoms with Crippen molar-refractivity contribution >= 4 is 16.9 Å². The minimum Gasteiger partial charge on any atom is -0.367 e. The van der Waals surface area contributed by atoms with Gasteiger partial charge in [-0.2, -0.15) is 5.26 Å². The van der Waals surface area contributed by atoms with Crippen molar-refractivity contribution in [1.29, 1.82) is 5.26 Å². The predicted molar refractivity (Wildman–Crippen MR) is 70.0 cm³/mol. The number of hydrogen-bond acceptors (Lipinski definition) is 5. The molecule has 6 nitrogen and oxygen atoms in total.